The Hall–Kier alpha value is -0.150. The van der Waals surface area contributed by atoms with Crippen molar-refractivity contribution in [1.82, 2.24) is 5.32 Å². The number of thioether (sulfide) groups is 2. The molecule has 6 nitrogen and oxygen atoms in total. The second-order valence-electron chi connectivity index (χ2n) is 4.00. The van der Waals surface area contributed by atoms with Gasteiger partial charge < -0.3 is 20.5 Å². The van der Waals surface area contributed by atoms with E-state index in [0.29, 0.717) is 11.6 Å². The van der Waals surface area contributed by atoms with Gasteiger partial charge in [0.2, 0.25) is 0 Å². The lowest BCUT2D eigenvalue weighted by Crippen LogP contribution is -2.43. The molecule has 0 radical (unpaired) electrons. The van der Waals surface area contributed by atoms with Gasteiger partial charge in [-0.1, -0.05) is 0 Å². The van der Waals surface area contributed by atoms with Crippen molar-refractivity contribution in [3.05, 3.63) is 0 Å². The monoisotopic (exact) mass is 358 g/mol. The molecule has 2 atom stereocenters. The molecule has 0 spiro atoms. The molecule has 0 bridgehead atoms. The van der Waals surface area contributed by atoms with E-state index in [0.717, 1.165) is 23.8 Å². The number of carbonyl (C=O) groups is 2. The molecule has 0 aromatic carbocycles. The van der Waals surface area contributed by atoms with Crippen LogP contribution < -0.4 is 11.1 Å². The lowest BCUT2D eigenvalue weighted by atomic mass is 10.3. The predicted molar refractivity (Wildman–Crippen MR) is 89.2 cm³/mol. The van der Waals surface area contributed by atoms with Crippen molar-refractivity contribution >= 4 is 47.1 Å². The number of hydrogen-bond acceptors (Lipinski definition) is 8. The minimum absolute atomic E-state index is 0.0799. The molecule has 1 aliphatic heterocycles. The third-order valence-corrected chi connectivity index (χ3v) is 4.99. The van der Waals surface area contributed by atoms with E-state index in [1.165, 1.54) is 14.2 Å². The lowest BCUT2D eigenvalue weighted by molar-refractivity contribution is -0.143. The van der Waals surface area contributed by atoms with Crippen molar-refractivity contribution in [2.75, 3.05) is 49.7 Å². The number of rotatable bonds is 6. The highest BCUT2D eigenvalue weighted by Gasteiger charge is 2.20. The van der Waals surface area contributed by atoms with E-state index in [1.807, 2.05) is 0 Å². The SMILES string of the molecule is COC(=O)[C@@H](N)CSCCCl.COC(=O)[C@@H]1CSCCN1. The van der Waals surface area contributed by atoms with Gasteiger partial charge in [-0.05, 0) is 0 Å². The number of esters is 2. The fourth-order valence-corrected chi connectivity index (χ4v) is 3.25. The van der Waals surface area contributed by atoms with Crippen molar-refractivity contribution in [2.24, 2.45) is 5.73 Å². The van der Waals surface area contributed by atoms with Crippen LogP contribution in [-0.2, 0) is 19.1 Å². The normalized spacial score (nSPS) is 19.0. The van der Waals surface area contributed by atoms with Crippen LogP contribution >= 0.6 is 35.1 Å². The van der Waals surface area contributed by atoms with E-state index in [1.54, 1.807) is 23.5 Å². The van der Waals surface area contributed by atoms with E-state index in [9.17, 15) is 9.59 Å². The Labute approximate surface area is 139 Å². The van der Waals surface area contributed by atoms with Gasteiger partial charge in [-0.25, -0.2) is 0 Å². The van der Waals surface area contributed by atoms with Gasteiger partial charge >= 0.3 is 11.9 Å². The molecular weight excluding hydrogens is 336 g/mol. The van der Waals surface area contributed by atoms with Crippen LogP contribution in [0.3, 0.4) is 0 Å². The fourth-order valence-electron chi connectivity index (χ4n) is 1.34. The van der Waals surface area contributed by atoms with Crippen molar-refractivity contribution < 1.29 is 19.1 Å². The van der Waals surface area contributed by atoms with Gasteiger partial charge in [0.25, 0.3) is 0 Å². The maximum Gasteiger partial charge on any atom is 0.323 e. The van der Waals surface area contributed by atoms with Gasteiger partial charge in [-0.3, -0.25) is 9.59 Å². The molecule has 1 rings (SSSR count). The summed E-state index contributed by atoms with van der Waals surface area (Å²) in [6.45, 7) is 0.907. The molecule has 1 aliphatic rings. The number of halogens is 1. The molecular formula is C12H23ClN2O4S2. The number of alkyl halides is 1. The van der Waals surface area contributed by atoms with Crippen LogP contribution in [0.1, 0.15) is 0 Å². The van der Waals surface area contributed by atoms with Crippen LogP contribution in [0.4, 0.5) is 0 Å². The molecule has 1 saturated heterocycles. The number of methoxy groups -OCH3 is 2. The fraction of sp³-hybridized carbons (Fsp3) is 0.833. The second kappa shape index (κ2) is 13.5. The first-order valence-corrected chi connectivity index (χ1v) is 9.27. The molecule has 0 aromatic heterocycles. The first-order valence-electron chi connectivity index (χ1n) is 6.42. The Morgan fingerprint density at radius 3 is 2.67 bits per heavy atom. The van der Waals surface area contributed by atoms with E-state index < -0.39 is 6.04 Å². The summed E-state index contributed by atoms with van der Waals surface area (Å²) in [5.74, 6) is 3.38. The zero-order valence-electron chi connectivity index (χ0n) is 12.3. The highest BCUT2D eigenvalue weighted by atomic mass is 35.5. The largest absolute Gasteiger partial charge is 0.468 e. The molecule has 0 amide bonds. The van der Waals surface area contributed by atoms with Gasteiger partial charge in [0.15, 0.2) is 0 Å². The smallest absolute Gasteiger partial charge is 0.323 e. The predicted octanol–water partition coefficient (Wildman–Crippen LogP) is 0.323. The average molecular weight is 359 g/mol. The molecule has 124 valence electrons. The van der Waals surface area contributed by atoms with Gasteiger partial charge in [0.1, 0.15) is 12.1 Å². The summed E-state index contributed by atoms with van der Waals surface area (Å²) >= 11 is 8.75. The van der Waals surface area contributed by atoms with Crippen molar-refractivity contribution in [3.8, 4) is 0 Å². The standard InChI is InChI=1S/C6H12ClNO2S.C6H11NO2S/c1-10-6(9)5(8)4-11-3-2-7;1-9-6(8)5-4-10-3-2-7-5/h5H,2-4,8H2,1H3;5,7H,2-4H2,1H3/t2*5-/m00/s1. The summed E-state index contributed by atoms with van der Waals surface area (Å²) in [5, 5.41) is 3.07. The van der Waals surface area contributed by atoms with Gasteiger partial charge in [-0.2, -0.15) is 23.5 Å². The van der Waals surface area contributed by atoms with Crippen LogP contribution in [0.5, 0.6) is 0 Å². The van der Waals surface area contributed by atoms with Crippen molar-refractivity contribution in [3.63, 3.8) is 0 Å². The number of hydrogen-bond donors (Lipinski definition) is 2. The number of nitrogens with one attached hydrogen (secondary N) is 1. The highest BCUT2D eigenvalue weighted by Crippen LogP contribution is 2.07. The molecule has 0 unspecified atom stereocenters. The lowest BCUT2D eigenvalue weighted by Gasteiger charge is -2.20. The summed E-state index contributed by atoms with van der Waals surface area (Å²) in [6, 6.07) is -0.600. The Morgan fingerprint density at radius 2 is 2.19 bits per heavy atom. The maximum atomic E-state index is 10.9. The number of nitrogens with two attached hydrogens (primary N) is 1. The van der Waals surface area contributed by atoms with Crippen LogP contribution in [0.25, 0.3) is 0 Å². The third-order valence-electron chi connectivity index (χ3n) is 2.43. The van der Waals surface area contributed by atoms with Crippen molar-refractivity contribution in [1.29, 1.82) is 0 Å². The molecule has 0 aliphatic carbocycles. The molecule has 1 heterocycles. The van der Waals surface area contributed by atoms with E-state index >= 15 is 0 Å². The summed E-state index contributed by atoms with van der Waals surface area (Å²) in [5.41, 5.74) is 5.43. The first kappa shape index (κ1) is 20.9. The average Bonchev–Trinajstić information content (AvgIpc) is 2.54. The summed E-state index contributed by atoms with van der Waals surface area (Å²) in [7, 11) is 2.75. The Morgan fingerprint density at radius 1 is 1.48 bits per heavy atom. The van der Waals surface area contributed by atoms with Crippen LogP contribution in [-0.4, -0.2) is 73.7 Å². The van der Waals surface area contributed by atoms with E-state index in [-0.39, 0.29) is 18.0 Å². The Kier molecular flexibility index (Phi) is 13.4. The zero-order valence-corrected chi connectivity index (χ0v) is 14.7. The minimum atomic E-state index is -0.520. The topological polar surface area (TPSA) is 90.7 Å². The minimum Gasteiger partial charge on any atom is -0.468 e. The molecule has 9 heteroatoms. The Balaban J connectivity index is 0.000000382. The van der Waals surface area contributed by atoms with Gasteiger partial charge in [0.05, 0.1) is 14.2 Å². The molecule has 0 saturated carbocycles. The van der Waals surface area contributed by atoms with Crippen LogP contribution in [0.15, 0.2) is 0 Å². The summed E-state index contributed by atoms with van der Waals surface area (Å²) in [4.78, 5) is 21.6. The van der Waals surface area contributed by atoms with Crippen molar-refractivity contribution in [2.45, 2.75) is 12.1 Å². The molecule has 3 N–H and O–H groups in total. The number of ether oxygens (including phenoxy) is 2. The van der Waals surface area contributed by atoms with E-state index in [2.05, 4.69) is 14.8 Å². The molecule has 0 aromatic rings. The molecule has 21 heavy (non-hydrogen) atoms. The van der Waals surface area contributed by atoms with Crippen LogP contribution in [0, 0.1) is 0 Å². The Bertz CT molecular complexity index is 305. The van der Waals surface area contributed by atoms with E-state index in [4.69, 9.17) is 17.3 Å². The summed E-state index contributed by atoms with van der Waals surface area (Å²) < 4.78 is 9.01. The third kappa shape index (κ3) is 10.2. The van der Waals surface area contributed by atoms with Gasteiger partial charge in [-0.15, -0.1) is 11.6 Å². The zero-order chi connectivity index (χ0) is 16.1. The first-order chi connectivity index (χ1) is 10.1. The summed E-state index contributed by atoms with van der Waals surface area (Å²) in [6.07, 6.45) is 0. The van der Waals surface area contributed by atoms with Crippen LogP contribution in [0.2, 0.25) is 0 Å². The number of carbonyl (C=O) groups excluding carboxylic acids is 2. The highest BCUT2D eigenvalue weighted by molar-refractivity contribution is 7.99. The molecule has 1 fully saturated rings. The maximum absolute atomic E-state index is 10.9. The van der Waals surface area contributed by atoms with Gasteiger partial charge in [0, 0.05) is 35.4 Å². The quantitative estimate of drug-likeness (QED) is 0.398. The second-order valence-corrected chi connectivity index (χ2v) is 6.68.